The fourth-order valence-electron chi connectivity index (χ4n) is 1.40. The lowest BCUT2D eigenvalue weighted by Gasteiger charge is -2.09. The third kappa shape index (κ3) is 6.26. The molecule has 0 radical (unpaired) electrons. The molecule has 0 aliphatic rings. The molecule has 0 N–H and O–H groups in total. The summed E-state index contributed by atoms with van der Waals surface area (Å²) in [7, 11) is 4.20. The Morgan fingerprint density at radius 2 is 1.80 bits per heavy atom. The molecular weight excluding hydrogens is 186 g/mol. The average Bonchev–Trinajstić information content (AvgIpc) is 2.24. The Kier molecular flexibility index (Phi) is 6.05. The molecule has 0 bridgehead atoms. The standard InChI is InChI=1S/C13H21NO/c1-14(2)10-6-7-11-15-12-13-8-4-3-5-9-13/h3-5,8-9H,6-7,10-12H2,1-2H3. The van der Waals surface area contributed by atoms with Gasteiger partial charge in [-0.05, 0) is 39.0 Å². The molecule has 1 rings (SSSR count). The SMILES string of the molecule is CN(C)CCCCOCc1ccccc1. The minimum absolute atomic E-state index is 0.739. The summed E-state index contributed by atoms with van der Waals surface area (Å²) in [6.45, 7) is 2.75. The average molecular weight is 207 g/mol. The molecule has 0 fully saturated rings. The molecule has 2 heteroatoms. The van der Waals surface area contributed by atoms with Crippen LogP contribution in [0.25, 0.3) is 0 Å². The lowest BCUT2D eigenvalue weighted by Crippen LogP contribution is -2.13. The summed E-state index contributed by atoms with van der Waals surface area (Å²) in [4.78, 5) is 2.21. The quantitative estimate of drug-likeness (QED) is 0.637. The Morgan fingerprint density at radius 3 is 2.47 bits per heavy atom. The van der Waals surface area contributed by atoms with Crippen LogP contribution < -0.4 is 0 Å². The van der Waals surface area contributed by atoms with Crippen molar-refractivity contribution >= 4 is 0 Å². The predicted octanol–water partition coefficient (Wildman–Crippen LogP) is 2.55. The third-order valence-corrected chi connectivity index (χ3v) is 2.26. The number of rotatable bonds is 7. The van der Waals surface area contributed by atoms with Gasteiger partial charge in [-0.3, -0.25) is 0 Å². The summed E-state index contributed by atoms with van der Waals surface area (Å²) in [6.07, 6.45) is 2.35. The maximum Gasteiger partial charge on any atom is 0.0716 e. The monoisotopic (exact) mass is 207 g/mol. The Hall–Kier alpha value is -0.860. The van der Waals surface area contributed by atoms with Gasteiger partial charge in [-0.2, -0.15) is 0 Å². The van der Waals surface area contributed by atoms with E-state index < -0.39 is 0 Å². The van der Waals surface area contributed by atoms with Crippen molar-refractivity contribution in [1.82, 2.24) is 4.90 Å². The van der Waals surface area contributed by atoms with Crippen LogP contribution >= 0.6 is 0 Å². The van der Waals surface area contributed by atoms with Crippen molar-refractivity contribution < 1.29 is 4.74 Å². The number of benzene rings is 1. The van der Waals surface area contributed by atoms with Crippen molar-refractivity contribution in [2.75, 3.05) is 27.2 Å². The van der Waals surface area contributed by atoms with Gasteiger partial charge in [0, 0.05) is 6.61 Å². The fourth-order valence-corrected chi connectivity index (χ4v) is 1.40. The number of unbranched alkanes of at least 4 members (excludes halogenated alkanes) is 1. The second-order valence-corrected chi connectivity index (χ2v) is 4.05. The number of hydrogen-bond acceptors (Lipinski definition) is 2. The predicted molar refractivity (Wildman–Crippen MR) is 63.9 cm³/mol. The summed E-state index contributed by atoms with van der Waals surface area (Å²) in [5, 5.41) is 0. The van der Waals surface area contributed by atoms with Crippen molar-refractivity contribution in [3.8, 4) is 0 Å². The van der Waals surface area contributed by atoms with Gasteiger partial charge < -0.3 is 9.64 Å². The van der Waals surface area contributed by atoms with Crippen molar-refractivity contribution in [2.45, 2.75) is 19.4 Å². The molecule has 0 saturated heterocycles. The van der Waals surface area contributed by atoms with E-state index in [0.717, 1.165) is 26.2 Å². The minimum Gasteiger partial charge on any atom is -0.377 e. The van der Waals surface area contributed by atoms with Crippen LogP contribution in [0.3, 0.4) is 0 Å². The van der Waals surface area contributed by atoms with Crippen LogP contribution in [-0.2, 0) is 11.3 Å². The van der Waals surface area contributed by atoms with E-state index in [1.54, 1.807) is 0 Å². The first kappa shape index (κ1) is 12.2. The number of nitrogens with zero attached hydrogens (tertiary/aromatic N) is 1. The highest BCUT2D eigenvalue weighted by molar-refractivity contribution is 5.13. The van der Waals surface area contributed by atoms with Gasteiger partial charge in [0.2, 0.25) is 0 Å². The summed E-state index contributed by atoms with van der Waals surface area (Å²) >= 11 is 0. The summed E-state index contributed by atoms with van der Waals surface area (Å²) in [5.41, 5.74) is 1.25. The molecule has 0 heterocycles. The van der Waals surface area contributed by atoms with Gasteiger partial charge in [0.25, 0.3) is 0 Å². The van der Waals surface area contributed by atoms with Gasteiger partial charge in [-0.1, -0.05) is 30.3 Å². The Morgan fingerprint density at radius 1 is 1.07 bits per heavy atom. The third-order valence-electron chi connectivity index (χ3n) is 2.26. The van der Waals surface area contributed by atoms with Crippen LogP contribution in [-0.4, -0.2) is 32.1 Å². The first-order valence-corrected chi connectivity index (χ1v) is 5.55. The number of ether oxygens (including phenoxy) is 1. The van der Waals surface area contributed by atoms with Crippen LogP contribution in [0, 0.1) is 0 Å². The Balaban J connectivity index is 1.98. The van der Waals surface area contributed by atoms with Gasteiger partial charge >= 0.3 is 0 Å². The fraction of sp³-hybridized carbons (Fsp3) is 0.538. The highest BCUT2D eigenvalue weighted by atomic mass is 16.5. The molecular formula is C13H21NO. The normalized spacial score (nSPS) is 10.9. The lowest BCUT2D eigenvalue weighted by molar-refractivity contribution is 0.115. The van der Waals surface area contributed by atoms with Crippen molar-refractivity contribution in [3.05, 3.63) is 35.9 Å². The van der Waals surface area contributed by atoms with E-state index in [2.05, 4.69) is 31.1 Å². The number of hydrogen-bond donors (Lipinski definition) is 0. The van der Waals surface area contributed by atoms with Crippen LogP contribution in [0.1, 0.15) is 18.4 Å². The van der Waals surface area contributed by atoms with E-state index in [9.17, 15) is 0 Å². The first-order valence-electron chi connectivity index (χ1n) is 5.55. The van der Waals surface area contributed by atoms with Gasteiger partial charge in [0.05, 0.1) is 6.61 Å². The van der Waals surface area contributed by atoms with Crippen LogP contribution in [0.2, 0.25) is 0 Å². The van der Waals surface area contributed by atoms with Crippen molar-refractivity contribution in [3.63, 3.8) is 0 Å². The second kappa shape index (κ2) is 7.43. The van der Waals surface area contributed by atoms with E-state index in [0.29, 0.717) is 0 Å². The molecule has 0 saturated carbocycles. The molecule has 0 aliphatic carbocycles. The molecule has 0 aliphatic heterocycles. The lowest BCUT2D eigenvalue weighted by atomic mass is 10.2. The summed E-state index contributed by atoms with van der Waals surface area (Å²) in [6, 6.07) is 10.3. The van der Waals surface area contributed by atoms with Crippen LogP contribution in [0.5, 0.6) is 0 Å². The van der Waals surface area contributed by atoms with Crippen molar-refractivity contribution in [2.24, 2.45) is 0 Å². The second-order valence-electron chi connectivity index (χ2n) is 4.05. The highest BCUT2D eigenvalue weighted by Crippen LogP contribution is 2.01. The molecule has 15 heavy (non-hydrogen) atoms. The van der Waals surface area contributed by atoms with E-state index in [4.69, 9.17) is 4.74 Å². The van der Waals surface area contributed by atoms with Gasteiger partial charge in [0.1, 0.15) is 0 Å². The van der Waals surface area contributed by atoms with E-state index in [-0.39, 0.29) is 0 Å². The molecule has 0 unspecified atom stereocenters. The van der Waals surface area contributed by atoms with E-state index in [1.807, 2.05) is 18.2 Å². The van der Waals surface area contributed by atoms with Gasteiger partial charge in [0.15, 0.2) is 0 Å². The molecule has 0 atom stereocenters. The molecule has 0 aromatic heterocycles. The first-order chi connectivity index (χ1) is 7.29. The van der Waals surface area contributed by atoms with Crippen molar-refractivity contribution in [1.29, 1.82) is 0 Å². The zero-order chi connectivity index (χ0) is 10.9. The van der Waals surface area contributed by atoms with Crippen LogP contribution in [0.4, 0.5) is 0 Å². The maximum absolute atomic E-state index is 5.58. The Bertz CT molecular complexity index is 246. The van der Waals surface area contributed by atoms with Crippen LogP contribution in [0.15, 0.2) is 30.3 Å². The molecule has 0 spiro atoms. The maximum atomic E-state index is 5.58. The molecule has 1 aromatic carbocycles. The van der Waals surface area contributed by atoms with E-state index >= 15 is 0 Å². The molecule has 1 aromatic rings. The molecule has 0 amide bonds. The molecule has 2 nitrogen and oxygen atoms in total. The zero-order valence-corrected chi connectivity index (χ0v) is 9.78. The zero-order valence-electron chi connectivity index (χ0n) is 9.78. The minimum atomic E-state index is 0.739. The summed E-state index contributed by atoms with van der Waals surface area (Å²) in [5.74, 6) is 0. The van der Waals surface area contributed by atoms with E-state index in [1.165, 1.54) is 12.0 Å². The highest BCUT2D eigenvalue weighted by Gasteiger charge is 1.93. The smallest absolute Gasteiger partial charge is 0.0716 e. The topological polar surface area (TPSA) is 12.5 Å². The molecule has 84 valence electrons. The largest absolute Gasteiger partial charge is 0.377 e. The van der Waals surface area contributed by atoms with Gasteiger partial charge in [-0.25, -0.2) is 0 Å². The van der Waals surface area contributed by atoms with Gasteiger partial charge in [-0.15, -0.1) is 0 Å². The summed E-state index contributed by atoms with van der Waals surface area (Å²) < 4.78 is 5.58. The Labute approximate surface area is 92.9 Å².